The van der Waals surface area contributed by atoms with Crippen molar-refractivity contribution in [3.8, 4) is 0 Å². The van der Waals surface area contributed by atoms with E-state index in [1.165, 1.54) is 12.8 Å². The van der Waals surface area contributed by atoms with E-state index in [-0.39, 0.29) is 35.8 Å². The van der Waals surface area contributed by atoms with Crippen LogP contribution in [0.25, 0.3) is 0 Å². The summed E-state index contributed by atoms with van der Waals surface area (Å²) in [7, 11) is 0. The monoisotopic (exact) mass is 408 g/mol. The third-order valence-electron chi connectivity index (χ3n) is 4.87. The number of hydrogen-bond acceptors (Lipinski definition) is 2. The minimum absolute atomic E-state index is 0. The molecular weight excluding hydrogens is 379 g/mol. The van der Waals surface area contributed by atoms with Crippen molar-refractivity contribution in [1.82, 2.24) is 4.90 Å². The fourth-order valence-electron chi connectivity index (χ4n) is 3.19. The standard InChI is InChI=1S/C15H28N4O.HI/c1-11-6-8-19(9-7-11)15(17)18-10-12-2-4-13(5-3-12)14(16)20;/h11-13H,2-10H2,1H3,(H2,16,20)(H2,17,18);1H. The van der Waals surface area contributed by atoms with Crippen molar-refractivity contribution in [3.63, 3.8) is 0 Å². The zero-order chi connectivity index (χ0) is 14.5. The van der Waals surface area contributed by atoms with Crippen LogP contribution >= 0.6 is 24.0 Å². The average Bonchev–Trinajstić information content (AvgIpc) is 2.46. The largest absolute Gasteiger partial charge is 0.370 e. The molecule has 1 saturated heterocycles. The summed E-state index contributed by atoms with van der Waals surface area (Å²) in [5.74, 6) is 2.01. The number of hydrogen-bond donors (Lipinski definition) is 2. The molecule has 2 fully saturated rings. The lowest BCUT2D eigenvalue weighted by Gasteiger charge is -2.31. The maximum absolute atomic E-state index is 11.1. The number of nitrogens with zero attached hydrogens (tertiary/aromatic N) is 2. The van der Waals surface area contributed by atoms with Crippen LogP contribution in [0.1, 0.15) is 45.4 Å². The van der Waals surface area contributed by atoms with Gasteiger partial charge in [-0.3, -0.25) is 9.79 Å². The minimum Gasteiger partial charge on any atom is -0.370 e. The van der Waals surface area contributed by atoms with E-state index in [1.54, 1.807) is 0 Å². The molecule has 6 heteroatoms. The molecule has 1 heterocycles. The van der Waals surface area contributed by atoms with Gasteiger partial charge in [-0.05, 0) is 50.4 Å². The highest BCUT2D eigenvalue weighted by Gasteiger charge is 2.24. The molecule has 0 aromatic heterocycles. The molecule has 0 spiro atoms. The number of halogens is 1. The first-order chi connectivity index (χ1) is 9.56. The number of amides is 1. The van der Waals surface area contributed by atoms with Crippen molar-refractivity contribution in [2.75, 3.05) is 19.6 Å². The van der Waals surface area contributed by atoms with Crippen LogP contribution in [0, 0.1) is 17.8 Å². The molecule has 5 nitrogen and oxygen atoms in total. The van der Waals surface area contributed by atoms with Crippen molar-refractivity contribution in [3.05, 3.63) is 0 Å². The zero-order valence-corrected chi connectivity index (χ0v) is 15.3. The lowest BCUT2D eigenvalue weighted by molar-refractivity contribution is -0.122. The smallest absolute Gasteiger partial charge is 0.220 e. The number of carbonyl (C=O) groups excluding carboxylic acids is 1. The van der Waals surface area contributed by atoms with E-state index in [1.807, 2.05) is 0 Å². The lowest BCUT2D eigenvalue weighted by atomic mass is 9.82. The minimum atomic E-state index is -0.145. The molecule has 0 aromatic carbocycles. The molecule has 1 saturated carbocycles. The van der Waals surface area contributed by atoms with Gasteiger partial charge in [-0.25, -0.2) is 0 Å². The molecule has 122 valence electrons. The van der Waals surface area contributed by atoms with Crippen molar-refractivity contribution in [1.29, 1.82) is 0 Å². The van der Waals surface area contributed by atoms with Crippen molar-refractivity contribution in [2.45, 2.75) is 45.4 Å². The second-order valence-corrected chi connectivity index (χ2v) is 6.49. The number of likely N-dealkylation sites (tertiary alicyclic amines) is 1. The van der Waals surface area contributed by atoms with Crippen LogP contribution in [-0.2, 0) is 4.79 Å². The molecular formula is C15H29IN4O. The SMILES string of the molecule is CC1CCN(C(N)=NCC2CCC(C(N)=O)CC2)CC1.I. The molecule has 2 rings (SSSR count). The predicted molar refractivity (Wildman–Crippen MR) is 96.5 cm³/mol. The summed E-state index contributed by atoms with van der Waals surface area (Å²) in [6.07, 6.45) is 6.33. The van der Waals surface area contributed by atoms with Crippen LogP contribution < -0.4 is 11.5 Å². The third-order valence-corrected chi connectivity index (χ3v) is 4.87. The van der Waals surface area contributed by atoms with E-state index in [2.05, 4.69) is 16.8 Å². The Labute approximate surface area is 144 Å². The second kappa shape index (κ2) is 8.80. The maximum Gasteiger partial charge on any atom is 0.220 e. The molecule has 21 heavy (non-hydrogen) atoms. The molecule has 1 amide bonds. The molecule has 1 aliphatic carbocycles. The Bertz CT molecular complexity index is 359. The molecule has 4 N–H and O–H groups in total. The maximum atomic E-state index is 11.1. The highest BCUT2D eigenvalue weighted by atomic mass is 127. The Morgan fingerprint density at radius 3 is 2.19 bits per heavy atom. The van der Waals surface area contributed by atoms with Gasteiger partial charge in [-0.1, -0.05) is 6.92 Å². The summed E-state index contributed by atoms with van der Waals surface area (Å²) in [4.78, 5) is 17.9. The van der Waals surface area contributed by atoms with Gasteiger partial charge in [0.1, 0.15) is 0 Å². The Hall–Kier alpha value is -0.530. The second-order valence-electron chi connectivity index (χ2n) is 6.49. The van der Waals surface area contributed by atoms with Crippen LogP contribution in [0.2, 0.25) is 0 Å². The number of aliphatic imine (C=N–C) groups is 1. The van der Waals surface area contributed by atoms with Crippen LogP contribution in [0.4, 0.5) is 0 Å². The van der Waals surface area contributed by atoms with E-state index in [4.69, 9.17) is 11.5 Å². The Kier molecular flexibility index (Phi) is 7.76. The molecule has 0 bridgehead atoms. The summed E-state index contributed by atoms with van der Waals surface area (Å²) in [5.41, 5.74) is 11.4. The highest BCUT2D eigenvalue weighted by molar-refractivity contribution is 14.0. The van der Waals surface area contributed by atoms with Gasteiger partial charge in [-0.2, -0.15) is 0 Å². The summed E-state index contributed by atoms with van der Waals surface area (Å²) in [6.45, 7) is 5.15. The van der Waals surface area contributed by atoms with E-state index in [9.17, 15) is 4.79 Å². The zero-order valence-electron chi connectivity index (χ0n) is 13.0. The fourth-order valence-corrected chi connectivity index (χ4v) is 3.19. The Balaban J connectivity index is 0.00000220. The van der Waals surface area contributed by atoms with Gasteiger partial charge >= 0.3 is 0 Å². The van der Waals surface area contributed by atoms with Crippen LogP contribution in [-0.4, -0.2) is 36.4 Å². The Morgan fingerprint density at radius 2 is 1.67 bits per heavy atom. The van der Waals surface area contributed by atoms with Gasteiger partial charge in [0.2, 0.25) is 5.91 Å². The van der Waals surface area contributed by atoms with E-state index in [0.29, 0.717) is 11.9 Å². The van der Waals surface area contributed by atoms with Gasteiger partial charge in [0, 0.05) is 25.6 Å². The molecule has 1 aliphatic heterocycles. The number of guanidine groups is 1. The fraction of sp³-hybridized carbons (Fsp3) is 0.867. The first-order valence-corrected chi connectivity index (χ1v) is 7.90. The first-order valence-electron chi connectivity index (χ1n) is 7.90. The quantitative estimate of drug-likeness (QED) is 0.425. The van der Waals surface area contributed by atoms with E-state index >= 15 is 0 Å². The molecule has 0 aromatic rings. The molecule has 0 atom stereocenters. The van der Waals surface area contributed by atoms with E-state index in [0.717, 1.165) is 51.2 Å². The predicted octanol–water partition coefficient (Wildman–Crippen LogP) is 1.94. The van der Waals surface area contributed by atoms with Gasteiger partial charge in [0.15, 0.2) is 5.96 Å². The molecule has 0 unspecified atom stereocenters. The number of primary amides is 1. The summed E-state index contributed by atoms with van der Waals surface area (Å²) in [5, 5.41) is 0. The third kappa shape index (κ3) is 5.64. The van der Waals surface area contributed by atoms with Crippen LogP contribution in [0.15, 0.2) is 4.99 Å². The van der Waals surface area contributed by atoms with Gasteiger partial charge in [0.25, 0.3) is 0 Å². The van der Waals surface area contributed by atoms with Crippen molar-refractivity contribution in [2.24, 2.45) is 34.2 Å². The topological polar surface area (TPSA) is 84.7 Å². The number of rotatable bonds is 3. The normalized spacial score (nSPS) is 28.0. The summed E-state index contributed by atoms with van der Waals surface area (Å²) >= 11 is 0. The number of carbonyl (C=O) groups is 1. The van der Waals surface area contributed by atoms with E-state index < -0.39 is 0 Å². The highest BCUT2D eigenvalue weighted by Crippen LogP contribution is 2.28. The molecule has 2 aliphatic rings. The number of nitrogens with two attached hydrogens (primary N) is 2. The summed E-state index contributed by atoms with van der Waals surface area (Å²) in [6, 6.07) is 0. The van der Waals surface area contributed by atoms with Crippen LogP contribution in [0.3, 0.4) is 0 Å². The first kappa shape index (κ1) is 18.5. The lowest BCUT2D eigenvalue weighted by Crippen LogP contribution is -2.42. The van der Waals surface area contributed by atoms with Crippen LogP contribution in [0.5, 0.6) is 0 Å². The summed E-state index contributed by atoms with van der Waals surface area (Å²) < 4.78 is 0. The average molecular weight is 408 g/mol. The Morgan fingerprint density at radius 1 is 1.10 bits per heavy atom. The van der Waals surface area contributed by atoms with Gasteiger partial charge in [0.05, 0.1) is 0 Å². The number of piperidine rings is 1. The van der Waals surface area contributed by atoms with Gasteiger partial charge < -0.3 is 16.4 Å². The molecule has 0 radical (unpaired) electrons. The van der Waals surface area contributed by atoms with Crippen molar-refractivity contribution >= 4 is 35.8 Å². The van der Waals surface area contributed by atoms with Crippen molar-refractivity contribution < 1.29 is 4.79 Å². The van der Waals surface area contributed by atoms with Gasteiger partial charge in [-0.15, -0.1) is 24.0 Å².